The van der Waals surface area contributed by atoms with Gasteiger partial charge in [-0.25, -0.2) is 9.47 Å². The predicted octanol–water partition coefficient (Wildman–Crippen LogP) is 1.96. The lowest BCUT2D eigenvalue weighted by molar-refractivity contribution is -0.668. The molecule has 0 amide bonds. The highest BCUT2D eigenvalue weighted by atomic mass is 32.8. The summed E-state index contributed by atoms with van der Waals surface area (Å²) in [6.07, 6.45) is 0. The lowest BCUT2D eigenvalue weighted by Crippen LogP contribution is -2.38. The summed E-state index contributed by atoms with van der Waals surface area (Å²) in [6.45, 7) is 4.53. The smallest absolute Gasteiger partial charge is 0.235 e. The molecule has 1 N–H and O–H groups in total. The number of aryl methyl sites for hydroxylation is 3. The molecule has 18 heavy (non-hydrogen) atoms. The molecule has 1 heterocycles. The monoisotopic (exact) mass is 304 g/mol. The molecule has 0 bridgehead atoms. The van der Waals surface area contributed by atoms with Crippen molar-refractivity contribution in [2.45, 2.75) is 20.4 Å². The van der Waals surface area contributed by atoms with Gasteiger partial charge in [0.05, 0.1) is 0 Å². The number of hydrogen-bond acceptors (Lipinski definition) is 5. The molecule has 2 aromatic rings. The van der Waals surface area contributed by atoms with Gasteiger partial charge in [-0.3, -0.25) is 0 Å². The molecule has 0 saturated carbocycles. The molecule has 7 heteroatoms. The van der Waals surface area contributed by atoms with Crippen LogP contribution in [-0.4, -0.2) is 15.2 Å². The van der Waals surface area contributed by atoms with Crippen LogP contribution >= 0.6 is 11.3 Å². The van der Waals surface area contributed by atoms with E-state index < -0.39 is 8.77 Å². The maximum absolute atomic E-state index is 11.5. The van der Waals surface area contributed by atoms with E-state index >= 15 is 0 Å². The minimum absolute atomic E-state index is 0.115. The summed E-state index contributed by atoms with van der Waals surface area (Å²) in [7, 11) is -3.02. The molecule has 1 atom stereocenters. The van der Waals surface area contributed by atoms with Gasteiger partial charge < -0.3 is 0 Å². The van der Waals surface area contributed by atoms with Crippen molar-refractivity contribution in [3.63, 3.8) is 0 Å². The molecule has 0 aliphatic carbocycles. The number of benzene rings is 1. The largest absolute Gasteiger partial charge is 0.237 e. The fourth-order valence-electron chi connectivity index (χ4n) is 1.83. The highest BCUT2D eigenvalue weighted by Crippen LogP contribution is 2.21. The lowest BCUT2D eigenvalue weighted by Gasteiger charge is -1.99. The first-order valence-corrected chi connectivity index (χ1v) is 8.77. The Morgan fingerprint density at radius 1 is 1.50 bits per heavy atom. The first-order valence-electron chi connectivity index (χ1n) is 5.38. The average molecular weight is 304 g/mol. The Morgan fingerprint density at radius 2 is 2.22 bits per heavy atom. The first kappa shape index (κ1) is 13.8. The summed E-state index contributed by atoms with van der Waals surface area (Å²) in [6, 6.07) is 6.20. The summed E-state index contributed by atoms with van der Waals surface area (Å²) in [5.41, 5.74) is 2.30. The number of thiazole rings is 1. The maximum Gasteiger partial charge on any atom is 0.235 e. The molecule has 0 saturated heterocycles. The molecule has 0 spiro atoms. The van der Waals surface area contributed by atoms with Gasteiger partial charge in [0.15, 0.2) is 15.3 Å². The van der Waals surface area contributed by atoms with Crippen LogP contribution in [0.2, 0.25) is 0 Å². The Balaban J connectivity index is 2.36. The van der Waals surface area contributed by atoms with Crippen LogP contribution in [0, 0.1) is 13.8 Å². The quantitative estimate of drug-likeness (QED) is 0.533. The van der Waals surface area contributed by atoms with Crippen LogP contribution in [-0.2, 0) is 30.8 Å². The Labute approximate surface area is 115 Å². The van der Waals surface area contributed by atoms with Crippen LogP contribution in [0.15, 0.2) is 18.2 Å². The van der Waals surface area contributed by atoms with Gasteiger partial charge in [0.25, 0.3) is 0 Å². The van der Waals surface area contributed by atoms with Crippen molar-refractivity contribution in [3.05, 3.63) is 28.8 Å². The van der Waals surface area contributed by atoms with Gasteiger partial charge in [0.1, 0.15) is 10.5 Å². The molecule has 0 aliphatic heterocycles. The topological polar surface area (TPSA) is 50.4 Å². The second kappa shape index (κ2) is 5.18. The van der Waals surface area contributed by atoms with Crippen LogP contribution in [0.4, 0.5) is 0 Å². The van der Waals surface area contributed by atoms with Gasteiger partial charge in [-0.2, -0.15) is 4.57 Å². The standard InChI is InChI=1S/C11H13NO3S3/c1-8-3-4-10-11(7-8)17-9(2)12(10)5-6-18(14,16)15-13/h3-4,7H,5-6H2,1-2H3/p+1. The van der Waals surface area contributed by atoms with Gasteiger partial charge >= 0.3 is 0 Å². The zero-order valence-electron chi connectivity index (χ0n) is 10.1. The third-order valence-electron chi connectivity index (χ3n) is 2.72. The van der Waals surface area contributed by atoms with Crippen molar-refractivity contribution in [1.82, 2.24) is 0 Å². The summed E-state index contributed by atoms with van der Waals surface area (Å²) >= 11 is 6.33. The fourth-order valence-corrected chi connectivity index (χ4v) is 3.68. The highest BCUT2D eigenvalue weighted by molar-refractivity contribution is 8.30. The Bertz CT molecular complexity index is 676. The zero-order chi connectivity index (χ0) is 13.3. The van der Waals surface area contributed by atoms with Gasteiger partial charge in [-0.05, 0) is 18.6 Å². The van der Waals surface area contributed by atoms with E-state index in [2.05, 4.69) is 28.5 Å². The Kier molecular flexibility index (Phi) is 3.98. The predicted molar refractivity (Wildman–Crippen MR) is 75.6 cm³/mol. The van der Waals surface area contributed by atoms with Crippen LogP contribution < -0.4 is 4.57 Å². The number of rotatable bonds is 4. The molecule has 0 radical (unpaired) electrons. The molecule has 1 aromatic carbocycles. The van der Waals surface area contributed by atoms with Crippen molar-refractivity contribution < 1.29 is 18.4 Å². The molecule has 0 fully saturated rings. The number of fused-ring (bicyclic) bond motifs is 1. The Hall–Kier alpha value is -0.600. The van der Waals surface area contributed by atoms with E-state index in [4.69, 9.17) is 5.26 Å². The number of nitrogens with zero attached hydrogens (tertiary/aromatic N) is 1. The summed E-state index contributed by atoms with van der Waals surface area (Å²) in [5, 5.41) is 9.57. The second-order valence-electron chi connectivity index (χ2n) is 4.08. The summed E-state index contributed by atoms with van der Waals surface area (Å²) in [5.74, 6) is 0.115. The SMILES string of the molecule is Cc1ccc2c(c1)sc(C)[n+]2CCS(=O)(=S)OO. The molecule has 1 unspecified atom stereocenters. The van der Waals surface area contributed by atoms with Gasteiger partial charge in [0.2, 0.25) is 10.5 Å². The maximum atomic E-state index is 11.5. The molecule has 1 aromatic heterocycles. The third-order valence-corrected chi connectivity index (χ3v) is 5.38. The third kappa shape index (κ3) is 2.86. The van der Waals surface area contributed by atoms with Crippen molar-refractivity contribution in [2.75, 3.05) is 5.75 Å². The van der Waals surface area contributed by atoms with Crippen LogP contribution in [0.5, 0.6) is 0 Å². The minimum Gasteiger partial charge on any atom is -0.237 e. The van der Waals surface area contributed by atoms with E-state index in [0.717, 1.165) is 10.5 Å². The minimum atomic E-state index is -3.02. The van der Waals surface area contributed by atoms with Gasteiger partial charge in [-0.1, -0.05) is 17.4 Å². The normalized spacial score (nSPS) is 14.8. The van der Waals surface area contributed by atoms with E-state index in [1.54, 1.807) is 11.3 Å². The van der Waals surface area contributed by atoms with Crippen LogP contribution in [0.1, 0.15) is 10.6 Å². The van der Waals surface area contributed by atoms with Gasteiger partial charge in [-0.15, -0.1) is 4.33 Å². The molecule has 0 aliphatic rings. The average Bonchev–Trinajstić information content (AvgIpc) is 2.61. The first-order chi connectivity index (χ1) is 8.43. The fraction of sp³-hybridized carbons (Fsp3) is 0.364. The van der Waals surface area contributed by atoms with E-state index in [-0.39, 0.29) is 5.75 Å². The molecule has 98 valence electrons. The van der Waals surface area contributed by atoms with E-state index in [1.807, 2.05) is 23.6 Å². The lowest BCUT2D eigenvalue weighted by atomic mass is 10.2. The summed E-state index contributed by atoms with van der Waals surface area (Å²) < 4.78 is 18.6. The van der Waals surface area contributed by atoms with E-state index in [0.29, 0.717) is 6.54 Å². The molecular formula is C11H14NO3S3+. The van der Waals surface area contributed by atoms with Crippen molar-refractivity contribution in [2.24, 2.45) is 0 Å². The number of hydrogen-bond donors (Lipinski definition) is 1. The highest BCUT2D eigenvalue weighted by Gasteiger charge is 2.19. The molecule has 4 nitrogen and oxygen atoms in total. The zero-order valence-corrected chi connectivity index (χ0v) is 12.5. The van der Waals surface area contributed by atoms with E-state index in [1.165, 1.54) is 10.3 Å². The van der Waals surface area contributed by atoms with Crippen molar-refractivity contribution in [3.8, 4) is 0 Å². The Morgan fingerprint density at radius 3 is 2.89 bits per heavy atom. The molecular weight excluding hydrogens is 290 g/mol. The number of aromatic nitrogens is 1. The van der Waals surface area contributed by atoms with Crippen molar-refractivity contribution in [1.29, 1.82) is 0 Å². The molecule has 2 rings (SSSR count). The van der Waals surface area contributed by atoms with E-state index in [9.17, 15) is 4.21 Å². The summed E-state index contributed by atoms with van der Waals surface area (Å²) in [4.78, 5) is 0. The van der Waals surface area contributed by atoms with Crippen molar-refractivity contribution >= 4 is 41.5 Å². The van der Waals surface area contributed by atoms with Crippen LogP contribution in [0.25, 0.3) is 10.2 Å². The second-order valence-corrected chi connectivity index (χ2v) is 8.51. The van der Waals surface area contributed by atoms with Crippen LogP contribution in [0.3, 0.4) is 0 Å². The van der Waals surface area contributed by atoms with Gasteiger partial charge in [0, 0.05) is 24.2 Å².